The Morgan fingerprint density at radius 1 is 0.635 bits per heavy atom. The molecule has 0 radical (unpaired) electrons. The number of hydrogen-bond acceptors (Lipinski definition) is 10. The monoisotopic (exact) mass is 739 g/mol. The fraction of sp³-hybridized carbons (Fsp3) is 0.810. The van der Waals surface area contributed by atoms with Crippen LogP contribution in [0.15, 0.2) is 36.5 Å². The van der Waals surface area contributed by atoms with Crippen LogP contribution in [0.4, 0.5) is 0 Å². The Hall–Kier alpha value is -2.08. The summed E-state index contributed by atoms with van der Waals surface area (Å²) in [6.07, 6.45) is 29.3. The first kappa shape index (κ1) is 47.9. The summed E-state index contributed by atoms with van der Waals surface area (Å²) < 4.78 is 21.9. The number of aliphatic hydroxyl groups excluding tert-OH is 4. The van der Waals surface area contributed by atoms with E-state index in [0.29, 0.717) is 6.42 Å². The molecule has 0 amide bonds. The van der Waals surface area contributed by atoms with Crippen molar-refractivity contribution in [2.45, 2.75) is 198 Å². The Morgan fingerprint density at radius 2 is 1.15 bits per heavy atom. The molecule has 0 saturated carbocycles. The number of unbranched alkanes of at least 4 members (excludes halogenated alkanes) is 19. The zero-order valence-electron chi connectivity index (χ0n) is 32.6. The van der Waals surface area contributed by atoms with Gasteiger partial charge in [-0.15, -0.1) is 0 Å². The third-order valence-corrected chi connectivity index (χ3v) is 9.35. The largest absolute Gasteiger partial charge is 0.462 e. The van der Waals surface area contributed by atoms with Crippen LogP contribution in [0.25, 0.3) is 0 Å². The molecule has 2 unspecified atom stereocenters. The first-order chi connectivity index (χ1) is 25.3. The van der Waals surface area contributed by atoms with Crippen molar-refractivity contribution < 1.29 is 49.0 Å². The molecule has 0 bridgehead atoms. The molecule has 0 aromatic heterocycles. The Bertz CT molecular complexity index is 949. The lowest BCUT2D eigenvalue weighted by atomic mass is 9.99. The molecule has 52 heavy (non-hydrogen) atoms. The van der Waals surface area contributed by atoms with Gasteiger partial charge in [-0.2, -0.15) is 0 Å². The summed E-state index contributed by atoms with van der Waals surface area (Å²) in [5.41, 5.74) is 0. The van der Waals surface area contributed by atoms with E-state index in [1.54, 1.807) is 6.08 Å². The fourth-order valence-electron chi connectivity index (χ4n) is 6.03. The molecule has 0 aliphatic carbocycles. The molecule has 1 rings (SSSR count). The van der Waals surface area contributed by atoms with E-state index in [4.69, 9.17) is 18.9 Å². The summed E-state index contributed by atoms with van der Waals surface area (Å²) in [5, 5.41) is 39.9. The van der Waals surface area contributed by atoms with Gasteiger partial charge in [-0.05, 0) is 44.9 Å². The minimum Gasteiger partial charge on any atom is -0.462 e. The first-order valence-corrected chi connectivity index (χ1v) is 20.6. The predicted molar refractivity (Wildman–Crippen MR) is 206 cm³/mol. The lowest BCUT2D eigenvalue weighted by Gasteiger charge is -2.39. The van der Waals surface area contributed by atoms with Gasteiger partial charge in [0.1, 0.15) is 31.0 Å². The first-order valence-electron chi connectivity index (χ1n) is 20.6. The number of allylic oxidation sites excluding steroid dienone is 5. The van der Waals surface area contributed by atoms with Crippen LogP contribution in [-0.2, 0) is 28.5 Å². The van der Waals surface area contributed by atoms with Gasteiger partial charge >= 0.3 is 11.9 Å². The highest BCUT2D eigenvalue weighted by molar-refractivity contribution is 5.82. The van der Waals surface area contributed by atoms with Crippen LogP contribution < -0.4 is 0 Å². The van der Waals surface area contributed by atoms with E-state index in [9.17, 15) is 30.0 Å². The summed E-state index contributed by atoms with van der Waals surface area (Å²) in [6, 6.07) is 0. The van der Waals surface area contributed by atoms with E-state index in [1.807, 2.05) is 12.2 Å². The molecule has 0 aromatic rings. The molecule has 1 aliphatic rings. The maximum Gasteiger partial charge on any atom is 0.331 e. The SMILES string of the molecule is CCCCC/C=C/CCCCCCCC(=O)OC[C@H](CO[C@@H]1O[C@H](CO)[C@H](O)C(O)C1O)OC(=O)/C=C/C=C/CCCCCCCCCCCCC. The minimum absolute atomic E-state index is 0.245. The normalized spacial score (nSPS) is 21.4. The second-order valence-corrected chi connectivity index (χ2v) is 14.2. The lowest BCUT2D eigenvalue weighted by Crippen LogP contribution is -2.59. The Labute approximate surface area is 315 Å². The number of aliphatic hydroxyl groups is 4. The third-order valence-electron chi connectivity index (χ3n) is 9.35. The summed E-state index contributed by atoms with van der Waals surface area (Å²) in [5.74, 6) is -1.07. The number of rotatable bonds is 33. The highest BCUT2D eigenvalue weighted by Crippen LogP contribution is 2.22. The van der Waals surface area contributed by atoms with Gasteiger partial charge < -0.3 is 39.4 Å². The number of ether oxygens (including phenoxy) is 4. The second-order valence-electron chi connectivity index (χ2n) is 14.2. The molecule has 302 valence electrons. The molecule has 1 heterocycles. The van der Waals surface area contributed by atoms with Crippen molar-refractivity contribution in [3.63, 3.8) is 0 Å². The van der Waals surface area contributed by atoms with Gasteiger partial charge in [0.2, 0.25) is 0 Å². The van der Waals surface area contributed by atoms with Gasteiger partial charge in [0, 0.05) is 12.5 Å². The van der Waals surface area contributed by atoms with Crippen LogP contribution in [0.3, 0.4) is 0 Å². The van der Waals surface area contributed by atoms with Gasteiger partial charge in [-0.1, -0.05) is 141 Å². The number of esters is 2. The van der Waals surface area contributed by atoms with E-state index in [1.165, 1.54) is 89.5 Å². The molecule has 6 atom stereocenters. The number of carbonyl (C=O) groups is 2. The molecule has 0 spiro atoms. The Morgan fingerprint density at radius 3 is 1.75 bits per heavy atom. The van der Waals surface area contributed by atoms with Crippen molar-refractivity contribution in [3.8, 4) is 0 Å². The predicted octanol–water partition coefficient (Wildman–Crippen LogP) is 7.94. The van der Waals surface area contributed by atoms with Crippen molar-refractivity contribution in [1.29, 1.82) is 0 Å². The van der Waals surface area contributed by atoms with Crippen molar-refractivity contribution in [3.05, 3.63) is 36.5 Å². The average Bonchev–Trinajstić information content (AvgIpc) is 3.14. The maximum absolute atomic E-state index is 12.6. The lowest BCUT2D eigenvalue weighted by molar-refractivity contribution is -0.305. The maximum atomic E-state index is 12.6. The smallest absolute Gasteiger partial charge is 0.331 e. The van der Waals surface area contributed by atoms with Gasteiger partial charge in [-0.3, -0.25) is 4.79 Å². The van der Waals surface area contributed by atoms with Crippen LogP contribution in [0.2, 0.25) is 0 Å². The summed E-state index contributed by atoms with van der Waals surface area (Å²) in [7, 11) is 0. The average molecular weight is 739 g/mol. The van der Waals surface area contributed by atoms with Crippen molar-refractivity contribution in [1.82, 2.24) is 0 Å². The van der Waals surface area contributed by atoms with Crippen LogP contribution in [-0.4, -0.2) is 89.0 Å². The number of carbonyl (C=O) groups excluding carboxylic acids is 2. The summed E-state index contributed by atoms with van der Waals surface area (Å²) >= 11 is 0. The molecule has 1 fully saturated rings. The number of hydrogen-bond donors (Lipinski definition) is 4. The van der Waals surface area contributed by atoms with Gasteiger partial charge in [-0.25, -0.2) is 4.79 Å². The zero-order valence-corrected chi connectivity index (χ0v) is 32.6. The van der Waals surface area contributed by atoms with E-state index >= 15 is 0 Å². The molecule has 1 saturated heterocycles. The molecule has 4 N–H and O–H groups in total. The molecule has 0 aromatic carbocycles. The van der Waals surface area contributed by atoms with Crippen LogP contribution in [0.5, 0.6) is 0 Å². The van der Waals surface area contributed by atoms with Crippen LogP contribution in [0, 0.1) is 0 Å². The van der Waals surface area contributed by atoms with Crippen molar-refractivity contribution >= 4 is 11.9 Å². The second kappa shape index (κ2) is 33.5. The minimum atomic E-state index is -1.61. The van der Waals surface area contributed by atoms with E-state index in [2.05, 4.69) is 26.0 Å². The molecular formula is C42H74O10. The highest BCUT2D eigenvalue weighted by atomic mass is 16.7. The fourth-order valence-corrected chi connectivity index (χ4v) is 6.03. The molecule has 1 aliphatic heterocycles. The Balaban J connectivity index is 2.44. The van der Waals surface area contributed by atoms with Gasteiger partial charge in [0.25, 0.3) is 0 Å². The van der Waals surface area contributed by atoms with E-state index in [-0.39, 0.29) is 19.6 Å². The third kappa shape index (κ3) is 25.0. The van der Waals surface area contributed by atoms with Crippen molar-refractivity contribution in [2.24, 2.45) is 0 Å². The van der Waals surface area contributed by atoms with E-state index in [0.717, 1.165) is 51.4 Å². The summed E-state index contributed by atoms with van der Waals surface area (Å²) in [6.45, 7) is 3.26. The van der Waals surface area contributed by atoms with Gasteiger partial charge in [0.15, 0.2) is 12.4 Å². The zero-order chi connectivity index (χ0) is 38.1. The van der Waals surface area contributed by atoms with Crippen LogP contribution in [0.1, 0.15) is 162 Å². The van der Waals surface area contributed by atoms with Crippen LogP contribution >= 0.6 is 0 Å². The Kier molecular flexibility index (Phi) is 30.9. The molecule has 10 heteroatoms. The van der Waals surface area contributed by atoms with E-state index < -0.39 is 55.4 Å². The quantitative estimate of drug-likeness (QED) is 0.0172. The standard InChI is InChI=1S/C42H74O10/c1-3-5-7-9-11-13-15-17-18-19-21-23-25-27-29-31-38(45)51-35(34-50-42-41(48)40(47)39(46)36(32-43)52-42)33-49-37(44)30-28-26-24-22-20-16-14-12-10-8-6-4-2/h12,14,25,27,29,31,35-36,39-43,46-48H,3-11,13,15-24,26,28,30,32-34H2,1-2H3/b14-12+,27-25+,31-29+/t35-,36-,39+,40?,41?,42-/m1/s1. The summed E-state index contributed by atoms with van der Waals surface area (Å²) in [4.78, 5) is 25.1. The van der Waals surface area contributed by atoms with Gasteiger partial charge in [0.05, 0.1) is 13.2 Å². The topological polar surface area (TPSA) is 152 Å². The molecular weight excluding hydrogens is 664 g/mol. The molecule has 10 nitrogen and oxygen atoms in total. The van der Waals surface area contributed by atoms with Crippen molar-refractivity contribution in [2.75, 3.05) is 19.8 Å². The highest BCUT2D eigenvalue weighted by Gasteiger charge is 2.44.